The summed E-state index contributed by atoms with van der Waals surface area (Å²) in [4.78, 5) is 34.2. The molecule has 1 aliphatic heterocycles. The summed E-state index contributed by atoms with van der Waals surface area (Å²) in [6.07, 6.45) is 0.742. The molecule has 2 aromatic rings. The largest absolute Gasteiger partial charge is 0.383 e. The summed E-state index contributed by atoms with van der Waals surface area (Å²) in [6, 6.07) is 10.2. The van der Waals surface area contributed by atoms with Crippen molar-refractivity contribution in [2.75, 3.05) is 53.0 Å². The first-order chi connectivity index (χ1) is 14.1. The minimum Gasteiger partial charge on any atom is -0.383 e. The van der Waals surface area contributed by atoms with Crippen LogP contribution in [-0.4, -0.2) is 79.6 Å². The number of rotatable bonds is 8. The maximum Gasteiger partial charge on any atom is 0.265 e. The average molecular weight is 417 g/mol. The zero-order chi connectivity index (χ0) is 20.6. The van der Waals surface area contributed by atoms with Crippen molar-refractivity contribution in [3.8, 4) is 0 Å². The van der Waals surface area contributed by atoms with Gasteiger partial charge in [0.1, 0.15) is 4.88 Å². The van der Waals surface area contributed by atoms with Crippen molar-refractivity contribution < 1.29 is 14.3 Å². The van der Waals surface area contributed by atoms with Gasteiger partial charge in [-0.2, -0.15) is 0 Å². The molecule has 1 saturated heterocycles. The fraction of sp³-hybridized carbons (Fsp3) is 0.476. The Morgan fingerprint density at radius 1 is 1.17 bits per heavy atom. The van der Waals surface area contributed by atoms with Crippen LogP contribution in [0.3, 0.4) is 0 Å². The molecule has 156 valence electrons. The molecule has 1 aromatic carbocycles. The SMILES string of the molecule is COCCNC(=O)CN1CCN(C(=O)c2sc(Cc3ccccc3)nc2C)CC1. The van der Waals surface area contributed by atoms with Gasteiger partial charge < -0.3 is 15.0 Å². The Hall–Kier alpha value is -2.29. The second-order valence-corrected chi connectivity index (χ2v) is 8.18. The number of thiazole rings is 1. The number of piperazine rings is 1. The number of benzene rings is 1. The fourth-order valence-corrected chi connectivity index (χ4v) is 4.37. The molecule has 0 bridgehead atoms. The highest BCUT2D eigenvalue weighted by Crippen LogP contribution is 2.23. The molecule has 1 N–H and O–H groups in total. The molecule has 0 spiro atoms. The molecule has 0 aliphatic carbocycles. The third-order valence-corrected chi connectivity index (χ3v) is 6.03. The van der Waals surface area contributed by atoms with Crippen LogP contribution in [0.2, 0.25) is 0 Å². The van der Waals surface area contributed by atoms with Gasteiger partial charge in [0.25, 0.3) is 5.91 Å². The Bertz CT molecular complexity index is 817. The molecular weight excluding hydrogens is 388 g/mol. The monoisotopic (exact) mass is 416 g/mol. The molecule has 1 aliphatic rings. The van der Waals surface area contributed by atoms with Crippen molar-refractivity contribution in [2.45, 2.75) is 13.3 Å². The highest BCUT2D eigenvalue weighted by Gasteiger charge is 2.26. The number of methoxy groups -OCH3 is 1. The molecule has 29 heavy (non-hydrogen) atoms. The molecule has 3 rings (SSSR count). The molecule has 8 heteroatoms. The Kier molecular flexibility index (Phi) is 7.74. The number of hydrogen-bond acceptors (Lipinski definition) is 6. The number of aromatic nitrogens is 1. The first-order valence-corrected chi connectivity index (χ1v) is 10.7. The fourth-order valence-electron chi connectivity index (χ4n) is 3.30. The van der Waals surface area contributed by atoms with Crippen molar-refractivity contribution in [1.82, 2.24) is 20.1 Å². The van der Waals surface area contributed by atoms with Crippen molar-refractivity contribution in [3.05, 3.63) is 51.5 Å². The van der Waals surface area contributed by atoms with Crippen LogP contribution >= 0.6 is 11.3 Å². The molecule has 1 aromatic heterocycles. The number of nitrogens with one attached hydrogen (secondary N) is 1. The number of carbonyl (C=O) groups excluding carboxylic acids is 2. The summed E-state index contributed by atoms with van der Waals surface area (Å²) in [5.41, 5.74) is 1.99. The Balaban J connectivity index is 1.51. The minimum absolute atomic E-state index is 0.00863. The molecule has 0 unspecified atom stereocenters. The summed E-state index contributed by atoms with van der Waals surface area (Å²) in [7, 11) is 1.61. The summed E-state index contributed by atoms with van der Waals surface area (Å²) < 4.78 is 4.93. The van der Waals surface area contributed by atoms with Crippen molar-refractivity contribution >= 4 is 23.2 Å². The number of nitrogens with zero attached hydrogens (tertiary/aromatic N) is 3. The van der Waals surface area contributed by atoms with Crippen LogP contribution in [0.5, 0.6) is 0 Å². The van der Waals surface area contributed by atoms with Gasteiger partial charge >= 0.3 is 0 Å². The third kappa shape index (κ3) is 6.09. The van der Waals surface area contributed by atoms with Gasteiger partial charge in [0.05, 0.1) is 23.9 Å². The highest BCUT2D eigenvalue weighted by atomic mass is 32.1. The van der Waals surface area contributed by atoms with Crippen LogP contribution < -0.4 is 5.32 Å². The third-order valence-electron chi connectivity index (χ3n) is 4.89. The standard InChI is InChI=1S/C21H28N4O3S/c1-16-20(29-19(23-16)14-17-6-4-3-5-7-17)21(27)25-11-9-24(10-12-25)15-18(26)22-8-13-28-2/h3-7H,8-15H2,1-2H3,(H,22,26). The zero-order valence-electron chi connectivity index (χ0n) is 17.0. The lowest BCUT2D eigenvalue weighted by atomic mass is 10.2. The van der Waals surface area contributed by atoms with E-state index >= 15 is 0 Å². The van der Waals surface area contributed by atoms with Crippen molar-refractivity contribution in [1.29, 1.82) is 0 Å². The molecule has 0 atom stereocenters. The summed E-state index contributed by atoms with van der Waals surface area (Å²) in [6.45, 7) is 5.91. The van der Waals surface area contributed by atoms with E-state index in [4.69, 9.17) is 4.74 Å². The molecule has 1 fully saturated rings. The number of ether oxygens (including phenoxy) is 1. The number of aryl methyl sites for hydroxylation is 1. The molecule has 2 amide bonds. The van der Waals surface area contributed by atoms with E-state index in [0.717, 1.165) is 22.0 Å². The zero-order valence-corrected chi connectivity index (χ0v) is 17.8. The van der Waals surface area contributed by atoms with Gasteiger partial charge in [0, 0.05) is 46.3 Å². The van der Waals surface area contributed by atoms with E-state index in [-0.39, 0.29) is 11.8 Å². The molecule has 0 saturated carbocycles. The number of hydrogen-bond donors (Lipinski definition) is 1. The topological polar surface area (TPSA) is 74.8 Å². The normalized spacial score (nSPS) is 14.8. The quantitative estimate of drug-likeness (QED) is 0.661. The molecular formula is C21H28N4O3S. The summed E-state index contributed by atoms with van der Waals surface area (Å²) >= 11 is 1.49. The van der Waals surface area contributed by atoms with Crippen molar-refractivity contribution in [2.24, 2.45) is 0 Å². The van der Waals surface area contributed by atoms with Crippen molar-refractivity contribution in [3.63, 3.8) is 0 Å². The second kappa shape index (κ2) is 10.5. The van der Waals surface area contributed by atoms with Crippen LogP contribution in [-0.2, 0) is 16.0 Å². The lowest BCUT2D eigenvalue weighted by Crippen LogP contribution is -2.51. The first-order valence-electron chi connectivity index (χ1n) is 9.84. The van der Waals surface area contributed by atoms with Crippen LogP contribution in [0, 0.1) is 6.92 Å². The maximum atomic E-state index is 13.0. The minimum atomic E-state index is -0.00863. The van der Waals surface area contributed by atoms with Gasteiger partial charge in [0.15, 0.2) is 0 Å². The van der Waals surface area contributed by atoms with Crippen LogP contribution in [0.15, 0.2) is 30.3 Å². The predicted molar refractivity (Wildman–Crippen MR) is 113 cm³/mol. The van der Waals surface area contributed by atoms with Gasteiger partial charge in [-0.25, -0.2) is 4.98 Å². The van der Waals surface area contributed by atoms with E-state index in [1.165, 1.54) is 16.9 Å². The van der Waals surface area contributed by atoms with Gasteiger partial charge in [-0.05, 0) is 12.5 Å². The van der Waals surface area contributed by atoms with E-state index in [2.05, 4.69) is 27.3 Å². The molecule has 0 radical (unpaired) electrons. The number of carbonyl (C=O) groups is 2. The second-order valence-electron chi connectivity index (χ2n) is 7.10. The van der Waals surface area contributed by atoms with E-state index in [9.17, 15) is 9.59 Å². The Morgan fingerprint density at radius 2 is 1.90 bits per heavy atom. The summed E-state index contributed by atoms with van der Waals surface area (Å²) in [5, 5.41) is 3.79. The van der Waals surface area contributed by atoms with Crippen LogP contribution in [0.25, 0.3) is 0 Å². The van der Waals surface area contributed by atoms with Crippen LogP contribution in [0.4, 0.5) is 0 Å². The highest BCUT2D eigenvalue weighted by molar-refractivity contribution is 7.13. The lowest BCUT2D eigenvalue weighted by molar-refractivity contribution is -0.122. The summed E-state index contributed by atoms with van der Waals surface area (Å²) in [5.74, 6) is 0.0363. The van der Waals surface area contributed by atoms with E-state index in [1.54, 1.807) is 7.11 Å². The van der Waals surface area contributed by atoms with Gasteiger partial charge in [-0.3, -0.25) is 14.5 Å². The lowest BCUT2D eigenvalue weighted by Gasteiger charge is -2.34. The predicted octanol–water partition coefficient (Wildman–Crippen LogP) is 1.56. The molecule has 7 nitrogen and oxygen atoms in total. The average Bonchev–Trinajstić information content (AvgIpc) is 3.09. The van der Waals surface area contributed by atoms with Gasteiger partial charge in [0.2, 0.25) is 5.91 Å². The van der Waals surface area contributed by atoms with Gasteiger partial charge in [-0.1, -0.05) is 30.3 Å². The van der Waals surface area contributed by atoms with E-state index in [0.29, 0.717) is 45.9 Å². The Morgan fingerprint density at radius 3 is 2.59 bits per heavy atom. The smallest absolute Gasteiger partial charge is 0.265 e. The van der Waals surface area contributed by atoms with E-state index < -0.39 is 0 Å². The first kappa shape index (κ1) is 21.4. The number of amides is 2. The molecule has 2 heterocycles. The Labute approximate surface area is 175 Å². The maximum absolute atomic E-state index is 13.0. The van der Waals surface area contributed by atoms with Gasteiger partial charge in [-0.15, -0.1) is 11.3 Å². The van der Waals surface area contributed by atoms with Crippen LogP contribution in [0.1, 0.15) is 25.9 Å². The van der Waals surface area contributed by atoms with E-state index in [1.807, 2.05) is 30.0 Å².